The molecule has 0 fully saturated rings. The molecular formula is C24H42N2. The van der Waals surface area contributed by atoms with Crippen LogP contribution in [0, 0.1) is 0 Å². The quantitative estimate of drug-likeness (QED) is 0.402. The predicted octanol–water partition coefficient (Wildman–Crippen LogP) is 6.68. The molecule has 0 atom stereocenters. The van der Waals surface area contributed by atoms with Gasteiger partial charge in [-0.2, -0.15) is 0 Å². The van der Waals surface area contributed by atoms with Gasteiger partial charge in [0.15, 0.2) is 0 Å². The van der Waals surface area contributed by atoms with Crippen molar-refractivity contribution in [2.24, 2.45) is 0 Å². The highest BCUT2D eigenvalue weighted by atomic mass is 15.1. The van der Waals surface area contributed by atoms with Gasteiger partial charge in [-0.1, -0.05) is 75.7 Å². The van der Waals surface area contributed by atoms with Crippen LogP contribution in [0.3, 0.4) is 0 Å². The highest BCUT2D eigenvalue weighted by Gasteiger charge is 2.02. The topological polar surface area (TPSA) is 6.48 Å². The van der Waals surface area contributed by atoms with Gasteiger partial charge in [0.1, 0.15) is 0 Å². The third-order valence-electron chi connectivity index (χ3n) is 4.92. The largest absolute Gasteiger partial charge is 0.374 e. The average Bonchev–Trinajstić information content (AvgIpc) is 2.65. The molecule has 2 rings (SSSR count). The molecule has 0 unspecified atom stereocenters. The van der Waals surface area contributed by atoms with E-state index in [0.29, 0.717) is 0 Å². The van der Waals surface area contributed by atoms with E-state index in [2.05, 4.69) is 74.2 Å². The SMILES string of the molecule is CCCCCCN1C=CC(C)=CC1.CCCCCCN1C=CC=C(C)C1. The van der Waals surface area contributed by atoms with Gasteiger partial charge < -0.3 is 9.80 Å². The normalized spacial score (nSPS) is 16.2. The summed E-state index contributed by atoms with van der Waals surface area (Å²) in [5.74, 6) is 0. The Labute approximate surface area is 163 Å². The first-order chi connectivity index (χ1) is 12.7. The summed E-state index contributed by atoms with van der Waals surface area (Å²) < 4.78 is 0. The summed E-state index contributed by atoms with van der Waals surface area (Å²) >= 11 is 0. The summed E-state index contributed by atoms with van der Waals surface area (Å²) in [7, 11) is 0. The van der Waals surface area contributed by atoms with E-state index in [1.54, 1.807) is 0 Å². The molecule has 0 amide bonds. The van der Waals surface area contributed by atoms with Crippen LogP contribution in [0.2, 0.25) is 0 Å². The summed E-state index contributed by atoms with van der Waals surface area (Å²) in [5, 5.41) is 0. The van der Waals surface area contributed by atoms with Gasteiger partial charge in [0, 0.05) is 26.2 Å². The highest BCUT2D eigenvalue weighted by molar-refractivity contribution is 5.19. The zero-order valence-electron chi connectivity index (χ0n) is 17.8. The van der Waals surface area contributed by atoms with Crippen molar-refractivity contribution in [2.45, 2.75) is 79.1 Å². The van der Waals surface area contributed by atoms with Crippen LogP contribution in [0.15, 0.2) is 47.9 Å². The lowest BCUT2D eigenvalue weighted by molar-refractivity contribution is 0.385. The highest BCUT2D eigenvalue weighted by Crippen LogP contribution is 2.09. The van der Waals surface area contributed by atoms with E-state index in [0.717, 1.165) is 13.1 Å². The summed E-state index contributed by atoms with van der Waals surface area (Å²) in [6, 6.07) is 0. The molecule has 2 aliphatic heterocycles. The molecule has 0 aromatic carbocycles. The molecule has 0 aromatic heterocycles. The summed E-state index contributed by atoms with van der Waals surface area (Å²) in [5.41, 5.74) is 2.86. The second-order valence-electron chi connectivity index (χ2n) is 7.71. The number of unbranched alkanes of at least 4 members (excludes halogenated alkanes) is 6. The van der Waals surface area contributed by atoms with Gasteiger partial charge in [-0.05, 0) is 51.2 Å². The van der Waals surface area contributed by atoms with Crippen molar-refractivity contribution in [3.05, 3.63) is 47.9 Å². The van der Waals surface area contributed by atoms with E-state index in [4.69, 9.17) is 0 Å². The summed E-state index contributed by atoms with van der Waals surface area (Å²) in [6.07, 6.45) is 24.1. The van der Waals surface area contributed by atoms with Gasteiger partial charge in [0.05, 0.1) is 0 Å². The van der Waals surface area contributed by atoms with E-state index in [1.807, 2.05) is 0 Å². The molecule has 0 aliphatic carbocycles. The van der Waals surface area contributed by atoms with Gasteiger partial charge in [0.25, 0.3) is 0 Å². The standard InChI is InChI=1S/2C12H21N/c1-3-4-5-6-9-13-10-7-12(2)8-11-13;1-3-4-5-6-9-13-10-7-8-12(2)11-13/h2*7-8,10H,3-6,9,11H2,1-2H3. The van der Waals surface area contributed by atoms with Crippen LogP contribution >= 0.6 is 0 Å². The third-order valence-corrected chi connectivity index (χ3v) is 4.92. The molecule has 148 valence electrons. The first-order valence-electron chi connectivity index (χ1n) is 10.8. The van der Waals surface area contributed by atoms with Gasteiger partial charge in [-0.15, -0.1) is 0 Å². The fraction of sp³-hybridized carbons (Fsp3) is 0.667. The zero-order valence-corrected chi connectivity index (χ0v) is 17.8. The molecule has 0 N–H and O–H groups in total. The Morgan fingerprint density at radius 1 is 0.808 bits per heavy atom. The van der Waals surface area contributed by atoms with E-state index >= 15 is 0 Å². The van der Waals surface area contributed by atoms with Gasteiger partial charge >= 0.3 is 0 Å². The van der Waals surface area contributed by atoms with Crippen LogP contribution in [0.25, 0.3) is 0 Å². The molecule has 2 heterocycles. The third kappa shape index (κ3) is 11.2. The van der Waals surface area contributed by atoms with Crippen molar-refractivity contribution in [2.75, 3.05) is 26.2 Å². The Balaban J connectivity index is 0.000000260. The Morgan fingerprint density at radius 2 is 1.46 bits per heavy atom. The smallest absolute Gasteiger partial charge is 0.0383 e. The number of rotatable bonds is 10. The molecule has 0 saturated heterocycles. The van der Waals surface area contributed by atoms with Crippen LogP contribution in [-0.2, 0) is 0 Å². The van der Waals surface area contributed by atoms with Crippen LogP contribution in [0.4, 0.5) is 0 Å². The first kappa shape index (κ1) is 22.6. The van der Waals surface area contributed by atoms with Crippen molar-refractivity contribution >= 4 is 0 Å². The van der Waals surface area contributed by atoms with Gasteiger partial charge in [-0.3, -0.25) is 0 Å². The molecule has 26 heavy (non-hydrogen) atoms. The minimum atomic E-state index is 1.11. The minimum absolute atomic E-state index is 1.11. The Bertz CT molecular complexity index is 471. The molecule has 0 spiro atoms. The second-order valence-corrected chi connectivity index (χ2v) is 7.71. The molecule has 2 heteroatoms. The number of nitrogens with zero attached hydrogens (tertiary/aromatic N) is 2. The first-order valence-corrected chi connectivity index (χ1v) is 10.8. The summed E-state index contributed by atoms with van der Waals surface area (Å²) in [4.78, 5) is 4.80. The maximum absolute atomic E-state index is 2.41. The molecular weight excluding hydrogens is 316 g/mol. The van der Waals surface area contributed by atoms with E-state index in [1.165, 1.54) is 75.6 Å². The maximum Gasteiger partial charge on any atom is 0.0383 e. The minimum Gasteiger partial charge on any atom is -0.374 e. The Morgan fingerprint density at radius 3 is 2.00 bits per heavy atom. The van der Waals surface area contributed by atoms with Crippen LogP contribution in [0.1, 0.15) is 79.1 Å². The monoisotopic (exact) mass is 358 g/mol. The fourth-order valence-corrected chi connectivity index (χ4v) is 3.17. The molecule has 0 aromatic rings. The van der Waals surface area contributed by atoms with E-state index < -0.39 is 0 Å². The zero-order chi connectivity index (χ0) is 19.0. The lowest BCUT2D eigenvalue weighted by atomic mass is 10.1. The van der Waals surface area contributed by atoms with E-state index in [-0.39, 0.29) is 0 Å². The van der Waals surface area contributed by atoms with Crippen LogP contribution in [0.5, 0.6) is 0 Å². The van der Waals surface area contributed by atoms with Crippen LogP contribution < -0.4 is 0 Å². The summed E-state index contributed by atoms with van der Waals surface area (Å²) in [6.45, 7) is 13.5. The molecule has 2 aliphatic rings. The molecule has 0 radical (unpaired) electrons. The Kier molecular flexibility index (Phi) is 12.8. The average molecular weight is 359 g/mol. The second kappa shape index (κ2) is 14.7. The van der Waals surface area contributed by atoms with Crippen LogP contribution in [-0.4, -0.2) is 36.0 Å². The number of hydrogen-bond acceptors (Lipinski definition) is 2. The van der Waals surface area contributed by atoms with Crippen molar-refractivity contribution in [1.29, 1.82) is 0 Å². The fourth-order valence-electron chi connectivity index (χ4n) is 3.17. The lowest BCUT2D eigenvalue weighted by Crippen LogP contribution is -2.22. The van der Waals surface area contributed by atoms with Crippen molar-refractivity contribution in [3.8, 4) is 0 Å². The van der Waals surface area contributed by atoms with Gasteiger partial charge in [0.2, 0.25) is 0 Å². The Hall–Kier alpha value is -1.44. The number of allylic oxidation sites excluding steroid dienone is 4. The maximum atomic E-state index is 2.41. The molecule has 0 bridgehead atoms. The predicted molar refractivity (Wildman–Crippen MR) is 117 cm³/mol. The van der Waals surface area contributed by atoms with Crippen molar-refractivity contribution in [3.63, 3.8) is 0 Å². The van der Waals surface area contributed by atoms with Gasteiger partial charge in [-0.25, -0.2) is 0 Å². The molecule has 2 nitrogen and oxygen atoms in total. The van der Waals surface area contributed by atoms with E-state index in [9.17, 15) is 0 Å². The van der Waals surface area contributed by atoms with Crippen molar-refractivity contribution in [1.82, 2.24) is 9.80 Å². The number of hydrogen-bond donors (Lipinski definition) is 0. The van der Waals surface area contributed by atoms with Crippen molar-refractivity contribution < 1.29 is 0 Å². The molecule has 0 saturated carbocycles. The lowest BCUT2D eigenvalue weighted by Gasteiger charge is -2.23.